The first-order valence-corrected chi connectivity index (χ1v) is 10.7. The Labute approximate surface area is 173 Å². The molecule has 1 saturated carbocycles. The van der Waals surface area contributed by atoms with E-state index in [0.717, 1.165) is 19.3 Å². The van der Waals surface area contributed by atoms with E-state index in [-0.39, 0.29) is 23.2 Å². The van der Waals surface area contributed by atoms with E-state index in [9.17, 15) is 19.8 Å². The largest absolute Gasteiger partial charge is 0.511 e. The molecule has 1 heterocycles. The van der Waals surface area contributed by atoms with Gasteiger partial charge in [0.25, 0.3) is 5.91 Å². The first kappa shape index (κ1) is 21.6. The molecule has 3 aliphatic rings. The van der Waals surface area contributed by atoms with E-state index in [1.54, 1.807) is 0 Å². The van der Waals surface area contributed by atoms with Crippen LogP contribution >= 0.6 is 0 Å². The van der Waals surface area contributed by atoms with Crippen LogP contribution in [0.5, 0.6) is 0 Å². The molecule has 29 heavy (non-hydrogen) atoms. The van der Waals surface area contributed by atoms with Crippen molar-refractivity contribution in [3.8, 4) is 0 Å². The zero-order valence-corrected chi connectivity index (χ0v) is 17.8. The molecule has 3 N–H and O–H groups in total. The molecule has 1 saturated heterocycles. The van der Waals surface area contributed by atoms with Crippen molar-refractivity contribution in [3.63, 3.8) is 0 Å². The van der Waals surface area contributed by atoms with E-state index in [1.807, 2.05) is 38.2 Å². The van der Waals surface area contributed by atoms with Crippen LogP contribution in [0.15, 0.2) is 47.8 Å². The highest BCUT2D eigenvalue weighted by atomic mass is 16.3. The van der Waals surface area contributed by atoms with Gasteiger partial charge in [-0.1, -0.05) is 56.7 Å². The molecule has 5 heteroatoms. The molecule has 3 rings (SSSR count). The number of rotatable bonds is 4. The molecule has 0 aromatic rings. The maximum Gasteiger partial charge on any atom is 0.259 e. The van der Waals surface area contributed by atoms with E-state index < -0.39 is 29.3 Å². The third kappa shape index (κ3) is 3.73. The number of carbonyl (C=O) groups excluding carboxylic acids is 2. The van der Waals surface area contributed by atoms with Gasteiger partial charge in [-0.2, -0.15) is 0 Å². The molecular weight excluding hydrogens is 366 g/mol. The van der Waals surface area contributed by atoms with Crippen LogP contribution in [0.1, 0.15) is 47.0 Å². The lowest BCUT2D eigenvalue weighted by Gasteiger charge is -2.50. The second-order valence-corrected chi connectivity index (χ2v) is 9.07. The second kappa shape index (κ2) is 8.31. The molecule has 1 aliphatic heterocycles. The van der Waals surface area contributed by atoms with Crippen molar-refractivity contribution in [2.24, 2.45) is 29.1 Å². The summed E-state index contributed by atoms with van der Waals surface area (Å²) in [5, 5.41) is 23.8. The normalized spacial score (nSPS) is 40.4. The molecule has 7 atom stereocenters. The van der Waals surface area contributed by atoms with Crippen LogP contribution in [-0.4, -0.2) is 34.0 Å². The van der Waals surface area contributed by atoms with Crippen molar-refractivity contribution < 1.29 is 19.8 Å². The Bertz CT molecular complexity index is 791. The number of hydrogen-bond acceptors (Lipinski definition) is 4. The zero-order valence-electron chi connectivity index (χ0n) is 17.8. The Hall–Kier alpha value is -2.14. The minimum absolute atomic E-state index is 0.132. The number of amides is 1. The van der Waals surface area contributed by atoms with Crippen LogP contribution in [-0.2, 0) is 9.59 Å². The van der Waals surface area contributed by atoms with Crippen molar-refractivity contribution in [1.82, 2.24) is 5.32 Å². The number of hydrogen-bond donors (Lipinski definition) is 3. The molecule has 0 spiro atoms. The van der Waals surface area contributed by atoms with Crippen molar-refractivity contribution >= 4 is 11.7 Å². The average Bonchev–Trinajstić information content (AvgIpc) is 2.97. The third-order valence-corrected chi connectivity index (χ3v) is 7.08. The topological polar surface area (TPSA) is 86.6 Å². The molecule has 0 radical (unpaired) electrons. The van der Waals surface area contributed by atoms with Gasteiger partial charge in [0.05, 0.1) is 6.10 Å². The van der Waals surface area contributed by atoms with E-state index in [2.05, 4.69) is 24.4 Å². The number of ketones is 1. The molecular formula is C24H33NO4. The highest BCUT2D eigenvalue weighted by molar-refractivity contribution is 6.27. The van der Waals surface area contributed by atoms with Gasteiger partial charge in [0.15, 0.2) is 5.78 Å². The predicted octanol–water partition coefficient (Wildman–Crippen LogP) is 3.62. The highest BCUT2D eigenvalue weighted by Crippen LogP contribution is 2.56. The number of allylic oxidation sites excluding steroid dienone is 7. The molecule has 0 aromatic carbocycles. The monoisotopic (exact) mass is 399 g/mol. The number of fused-ring (bicyclic) bond motifs is 1. The van der Waals surface area contributed by atoms with Gasteiger partial charge in [-0.3, -0.25) is 9.59 Å². The highest BCUT2D eigenvalue weighted by Gasteiger charge is 2.53. The van der Waals surface area contributed by atoms with Crippen LogP contribution in [0, 0.1) is 29.1 Å². The summed E-state index contributed by atoms with van der Waals surface area (Å²) in [6.45, 7) is 7.64. The van der Waals surface area contributed by atoms with E-state index in [0.29, 0.717) is 11.8 Å². The Morgan fingerprint density at radius 1 is 1.28 bits per heavy atom. The fourth-order valence-electron chi connectivity index (χ4n) is 5.36. The van der Waals surface area contributed by atoms with Crippen molar-refractivity contribution in [2.75, 3.05) is 0 Å². The second-order valence-electron chi connectivity index (χ2n) is 9.07. The molecule has 158 valence electrons. The predicted molar refractivity (Wildman–Crippen MR) is 113 cm³/mol. The fourth-order valence-corrected chi connectivity index (χ4v) is 5.36. The molecule has 0 unspecified atom stereocenters. The van der Waals surface area contributed by atoms with Crippen molar-refractivity contribution in [2.45, 2.75) is 59.1 Å². The molecule has 5 nitrogen and oxygen atoms in total. The van der Waals surface area contributed by atoms with Crippen LogP contribution < -0.4 is 5.32 Å². The SMILES string of the molecule is C/C=C/C=C/[C@@H]1C=C[C@@H]2C[C@H](C)CC[C@@H]2[C@@]1(C)C(O)=C1C(=O)N[C@@H]([C@@H](C)O)C1=O. The first-order chi connectivity index (χ1) is 13.7. The smallest absolute Gasteiger partial charge is 0.259 e. The molecule has 0 bridgehead atoms. The van der Waals surface area contributed by atoms with Gasteiger partial charge >= 0.3 is 0 Å². The Morgan fingerprint density at radius 3 is 2.62 bits per heavy atom. The van der Waals surface area contributed by atoms with E-state index in [1.165, 1.54) is 6.92 Å². The van der Waals surface area contributed by atoms with E-state index in [4.69, 9.17) is 0 Å². The lowest BCUT2D eigenvalue weighted by Crippen LogP contribution is -2.45. The number of aliphatic hydroxyl groups is 2. The van der Waals surface area contributed by atoms with Gasteiger partial charge in [0.2, 0.25) is 0 Å². The molecule has 1 amide bonds. The van der Waals surface area contributed by atoms with Crippen molar-refractivity contribution in [3.05, 3.63) is 47.8 Å². The van der Waals surface area contributed by atoms with Crippen LogP contribution in [0.2, 0.25) is 0 Å². The molecule has 2 aliphatic carbocycles. The molecule has 0 aromatic heterocycles. The zero-order chi connectivity index (χ0) is 21.3. The lowest BCUT2D eigenvalue weighted by atomic mass is 9.54. The van der Waals surface area contributed by atoms with Crippen LogP contribution in [0.4, 0.5) is 0 Å². The van der Waals surface area contributed by atoms with Gasteiger partial charge in [0, 0.05) is 11.3 Å². The van der Waals surface area contributed by atoms with Crippen LogP contribution in [0.3, 0.4) is 0 Å². The summed E-state index contributed by atoms with van der Waals surface area (Å²) >= 11 is 0. The fraction of sp³-hybridized carbons (Fsp3) is 0.583. The minimum atomic E-state index is -1.01. The van der Waals surface area contributed by atoms with Gasteiger partial charge in [0.1, 0.15) is 17.4 Å². The van der Waals surface area contributed by atoms with Gasteiger partial charge in [-0.15, -0.1) is 0 Å². The van der Waals surface area contributed by atoms with E-state index >= 15 is 0 Å². The maximum absolute atomic E-state index is 12.9. The Kier molecular flexibility index (Phi) is 6.18. The Balaban J connectivity index is 2.11. The summed E-state index contributed by atoms with van der Waals surface area (Å²) in [4.78, 5) is 25.5. The maximum atomic E-state index is 12.9. The summed E-state index contributed by atoms with van der Waals surface area (Å²) in [5.74, 6) is -0.306. The van der Waals surface area contributed by atoms with Crippen LogP contribution in [0.25, 0.3) is 0 Å². The summed E-state index contributed by atoms with van der Waals surface area (Å²) in [6.07, 6.45) is 14.2. The summed E-state index contributed by atoms with van der Waals surface area (Å²) in [5.41, 5.74) is -0.941. The number of carbonyl (C=O) groups is 2. The average molecular weight is 400 g/mol. The summed E-state index contributed by atoms with van der Waals surface area (Å²) in [7, 11) is 0. The standard InChI is InChI=1S/C24H33NO4/c1-5-6-7-8-17-11-10-16-13-14(2)9-12-18(16)24(17,4)22(28)19-21(27)20(15(3)26)25-23(19)29/h5-8,10-11,14-18,20,26,28H,9,12-13H2,1-4H3,(H,25,29)/b6-5+,8-7+,22-19?/t14-,15-,16-,17-,18+,20+,24+/m1/s1. The Morgan fingerprint density at radius 2 is 2.00 bits per heavy atom. The summed E-state index contributed by atoms with van der Waals surface area (Å²) in [6, 6.07) is -0.999. The minimum Gasteiger partial charge on any atom is -0.511 e. The van der Waals surface area contributed by atoms with Gasteiger partial charge < -0.3 is 15.5 Å². The molecule has 2 fully saturated rings. The quantitative estimate of drug-likeness (QED) is 0.222. The van der Waals surface area contributed by atoms with Gasteiger partial charge in [-0.25, -0.2) is 0 Å². The van der Waals surface area contributed by atoms with Crippen molar-refractivity contribution in [1.29, 1.82) is 0 Å². The lowest BCUT2D eigenvalue weighted by molar-refractivity contribution is -0.118. The number of aliphatic hydroxyl groups excluding tert-OH is 2. The number of nitrogens with one attached hydrogen (secondary N) is 1. The summed E-state index contributed by atoms with van der Waals surface area (Å²) < 4.78 is 0. The number of Topliss-reactive ketones (excluding diaryl/α,β-unsaturated/α-hetero) is 1. The third-order valence-electron chi connectivity index (χ3n) is 7.08. The van der Waals surface area contributed by atoms with Gasteiger partial charge in [-0.05, 0) is 44.4 Å². The first-order valence-electron chi connectivity index (χ1n) is 10.7.